The Hall–Kier alpha value is 2.74. The van der Waals surface area contributed by atoms with Gasteiger partial charge < -0.3 is 0 Å². The summed E-state index contributed by atoms with van der Waals surface area (Å²) in [7, 11) is 0. The second-order valence-electron chi connectivity index (χ2n) is 0. The molecule has 0 N–H and O–H groups in total. The zero-order valence-corrected chi connectivity index (χ0v) is 6.72. The molecule has 5 radical (unpaired) electrons. The Morgan fingerprint density at radius 1 is 0.750 bits per heavy atom. The van der Waals surface area contributed by atoms with E-state index in [-0.39, 0.29) is 84.2 Å². The molecule has 0 aliphatic heterocycles. The van der Waals surface area contributed by atoms with E-state index in [4.69, 9.17) is 0 Å². The zero-order chi connectivity index (χ0) is 0. The maximum atomic E-state index is 0. The standard InChI is InChI=1S/Cu.Ga.2Te.3H. The molecular weight excluding hydrogens is 388 g/mol. The van der Waals surface area contributed by atoms with E-state index in [2.05, 4.69) is 0 Å². The summed E-state index contributed by atoms with van der Waals surface area (Å²) in [4.78, 5) is 0. The van der Waals surface area contributed by atoms with E-state index in [1.165, 1.54) is 0 Å². The second kappa shape index (κ2) is 17.2. The van der Waals surface area contributed by atoms with E-state index in [0.29, 0.717) is 0 Å². The quantitative estimate of drug-likeness (QED) is 0.422. The molecule has 0 aliphatic carbocycles. The Labute approximate surface area is 82.8 Å². The Morgan fingerprint density at radius 3 is 0.750 bits per heavy atom. The fourth-order valence-electron chi connectivity index (χ4n) is 0. The van der Waals surface area contributed by atoms with Crippen molar-refractivity contribution >= 4 is 67.1 Å². The molecule has 0 heterocycles. The fraction of sp³-hybridized carbons (Fsp3) is 0. The van der Waals surface area contributed by atoms with Crippen LogP contribution >= 0.6 is 0 Å². The molecule has 0 unspecified atom stereocenters. The van der Waals surface area contributed by atoms with Crippen LogP contribution in [0.5, 0.6) is 0 Å². The number of hydrogen-bond acceptors (Lipinski definition) is 0. The van der Waals surface area contributed by atoms with Crippen molar-refractivity contribution in [1.82, 2.24) is 0 Å². The molecule has 4 heteroatoms. The molecule has 29 valence electrons. The predicted molar refractivity (Wildman–Crippen MR) is 21.4 cm³/mol. The van der Waals surface area contributed by atoms with Gasteiger partial charge in [-0.25, -0.2) is 0 Å². The first-order valence-corrected chi connectivity index (χ1v) is 0. The first kappa shape index (κ1) is 29.6. The molecule has 0 fully saturated rings. The van der Waals surface area contributed by atoms with Gasteiger partial charge in [0.25, 0.3) is 0 Å². The summed E-state index contributed by atoms with van der Waals surface area (Å²) in [5.41, 5.74) is 0. The van der Waals surface area contributed by atoms with Gasteiger partial charge in [0.1, 0.15) is 0 Å². The molecule has 0 saturated heterocycles. The van der Waals surface area contributed by atoms with Crippen molar-refractivity contribution in [3.05, 3.63) is 0 Å². The third-order valence-corrected chi connectivity index (χ3v) is 0. The van der Waals surface area contributed by atoms with Crippen LogP contribution in [0.4, 0.5) is 0 Å². The molecule has 0 nitrogen and oxygen atoms in total. The molecule has 0 atom stereocenters. The van der Waals surface area contributed by atoms with Gasteiger partial charge >= 0.3 is 19.8 Å². The molecule has 0 aromatic rings. The van der Waals surface area contributed by atoms with Gasteiger partial charge in [-0.1, -0.05) is 0 Å². The number of rotatable bonds is 0. The van der Waals surface area contributed by atoms with Crippen LogP contribution in [0.3, 0.4) is 0 Å². The first-order valence-electron chi connectivity index (χ1n) is 0. The van der Waals surface area contributed by atoms with Crippen LogP contribution in [0.1, 0.15) is 0 Å². The topological polar surface area (TPSA) is 0 Å². The van der Waals surface area contributed by atoms with Crippen LogP contribution in [0, 0.1) is 0 Å². The monoisotopic (exact) mass is 395 g/mol. The number of hydrogen-bond donors (Lipinski definition) is 0. The maximum absolute atomic E-state index is 0. The third kappa shape index (κ3) is 8.83. The van der Waals surface area contributed by atoms with E-state index in [1.807, 2.05) is 0 Å². The SMILES string of the molecule is [Cu].[GaH3].[Te].[Te]. The maximum Gasteiger partial charge on any atom is 0 e. The van der Waals surface area contributed by atoms with Gasteiger partial charge in [0.2, 0.25) is 0 Å². The van der Waals surface area contributed by atoms with Gasteiger partial charge in [-0.05, 0) is 0 Å². The summed E-state index contributed by atoms with van der Waals surface area (Å²) in [5.74, 6) is 0. The Balaban J connectivity index is 0. The van der Waals surface area contributed by atoms with Crippen LogP contribution in [0.15, 0.2) is 0 Å². The largest absolute Gasteiger partial charge is 0 e. The summed E-state index contributed by atoms with van der Waals surface area (Å²) in [6.07, 6.45) is 0. The summed E-state index contributed by atoms with van der Waals surface area (Å²) in [5, 5.41) is 0. The van der Waals surface area contributed by atoms with Crippen LogP contribution in [0.25, 0.3) is 0 Å². The average Bonchev–Trinajstić information content (AvgIpc) is 0. The normalized spacial score (nSPS) is 0. The van der Waals surface area contributed by atoms with Gasteiger partial charge in [-0.2, -0.15) is 0 Å². The van der Waals surface area contributed by atoms with Crippen molar-refractivity contribution in [2.45, 2.75) is 0 Å². The molecular formula is H3CuGaTe2. The van der Waals surface area contributed by atoms with Crippen molar-refractivity contribution in [3.8, 4) is 0 Å². The molecule has 0 rings (SSSR count). The summed E-state index contributed by atoms with van der Waals surface area (Å²) in [6.45, 7) is 0. The molecule has 0 bridgehead atoms. The van der Waals surface area contributed by atoms with E-state index in [1.54, 1.807) is 0 Å². The van der Waals surface area contributed by atoms with Crippen molar-refractivity contribution in [1.29, 1.82) is 0 Å². The van der Waals surface area contributed by atoms with Crippen LogP contribution in [-0.2, 0) is 17.1 Å². The minimum atomic E-state index is 0. The Morgan fingerprint density at radius 2 is 0.750 bits per heavy atom. The van der Waals surface area contributed by atoms with Crippen molar-refractivity contribution in [3.63, 3.8) is 0 Å². The Bertz CT molecular complexity index is 6.00. The van der Waals surface area contributed by atoms with Crippen molar-refractivity contribution in [2.24, 2.45) is 0 Å². The van der Waals surface area contributed by atoms with Gasteiger partial charge in [0.15, 0.2) is 0 Å². The van der Waals surface area contributed by atoms with Crippen LogP contribution in [-0.4, -0.2) is 67.1 Å². The summed E-state index contributed by atoms with van der Waals surface area (Å²) < 4.78 is 0. The van der Waals surface area contributed by atoms with E-state index in [0.717, 1.165) is 0 Å². The molecule has 0 spiro atoms. The van der Waals surface area contributed by atoms with Crippen molar-refractivity contribution < 1.29 is 17.1 Å². The molecule has 0 aromatic heterocycles. The summed E-state index contributed by atoms with van der Waals surface area (Å²) in [6, 6.07) is 0. The smallest absolute Gasteiger partial charge is 0 e. The van der Waals surface area contributed by atoms with E-state index in [9.17, 15) is 0 Å². The minimum absolute atomic E-state index is 0. The second-order valence-corrected chi connectivity index (χ2v) is 0. The van der Waals surface area contributed by atoms with Gasteiger partial charge in [-0.3, -0.25) is 0 Å². The van der Waals surface area contributed by atoms with Crippen LogP contribution < -0.4 is 0 Å². The van der Waals surface area contributed by atoms with Gasteiger partial charge in [0.05, 0.1) is 0 Å². The molecule has 0 aromatic carbocycles. The molecule has 0 aliphatic rings. The van der Waals surface area contributed by atoms with Gasteiger partial charge in [0, 0.05) is 64.4 Å². The third-order valence-electron chi connectivity index (χ3n) is 0. The van der Waals surface area contributed by atoms with E-state index < -0.39 is 0 Å². The molecule has 4 heavy (non-hydrogen) atoms. The molecule has 0 amide bonds. The predicted octanol–water partition coefficient (Wildman–Crippen LogP) is -1.95. The fourth-order valence-corrected chi connectivity index (χ4v) is 0. The zero-order valence-electron chi connectivity index (χ0n) is 1.12. The van der Waals surface area contributed by atoms with Crippen LogP contribution in [0.2, 0.25) is 0 Å². The molecule has 0 saturated carbocycles. The van der Waals surface area contributed by atoms with Crippen molar-refractivity contribution in [2.75, 3.05) is 0 Å². The Kier molecular flexibility index (Phi) is 127. The summed E-state index contributed by atoms with van der Waals surface area (Å²) >= 11 is 0. The van der Waals surface area contributed by atoms with E-state index >= 15 is 0 Å². The first-order chi connectivity index (χ1) is 0. The minimum Gasteiger partial charge on any atom is 0 e. The van der Waals surface area contributed by atoms with Gasteiger partial charge in [-0.15, -0.1) is 0 Å². The average molecular weight is 391 g/mol.